The van der Waals surface area contributed by atoms with Gasteiger partial charge in [0.05, 0.1) is 5.56 Å². The summed E-state index contributed by atoms with van der Waals surface area (Å²) in [4.78, 5) is 13.8. The first kappa shape index (κ1) is 16.0. The molecule has 5 heteroatoms. The molecule has 3 rings (SSSR count). The number of carboxylic acid groups (broad SMARTS) is 1. The van der Waals surface area contributed by atoms with Crippen LogP contribution in [0, 0.1) is 6.92 Å². The van der Waals surface area contributed by atoms with Gasteiger partial charge in [-0.15, -0.1) is 0 Å². The second-order valence-corrected chi connectivity index (χ2v) is 6.34. The Bertz CT molecular complexity index is 715. The molecular weight excluding hydrogens is 290 g/mol. The molecule has 1 fully saturated rings. The van der Waals surface area contributed by atoms with Crippen molar-refractivity contribution in [1.29, 1.82) is 0 Å². The number of carboxylic acids is 1. The normalized spacial score (nSPS) is 15.6. The molecule has 23 heavy (non-hydrogen) atoms. The molecule has 0 atom stereocenters. The Morgan fingerprint density at radius 2 is 2.00 bits per heavy atom. The Morgan fingerprint density at radius 3 is 2.65 bits per heavy atom. The monoisotopic (exact) mass is 315 g/mol. The summed E-state index contributed by atoms with van der Waals surface area (Å²) in [6, 6.07) is 5.42. The van der Waals surface area contributed by atoms with Crippen LogP contribution in [-0.2, 0) is 13.0 Å². The van der Waals surface area contributed by atoms with Crippen LogP contribution in [0.2, 0.25) is 0 Å². The topological polar surface area (TPSA) is 71.5 Å². The predicted octanol–water partition coefficient (Wildman–Crippen LogP) is 2.24. The van der Waals surface area contributed by atoms with Crippen molar-refractivity contribution in [2.24, 2.45) is 5.73 Å². The first-order valence-electron chi connectivity index (χ1n) is 8.39. The van der Waals surface area contributed by atoms with Crippen molar-refractivity contribution >= 4 is 16.9 Å². The number of aromatic nitrogens is 1. The molecule has 0 bridgehead atoms. The van der Waals surface area contributed by atoms with E-state index >= 15 is 0 Å². The van der Waals surface area contributed by atoms with Crippen LogP contribution in [0.15, 0.2) is 18.2 Å². The lowest BCUT2D eigenvalue weighted by molar-refractivity contribution is 0.0697. The van der Waals surface area contributed by atoms with E-state index in [4.69, 9.17) is 5.73 Å². The first-order valence-corrected chi connectivity index (χ1v) is 8.39. The number of hydrogen-bond donors (Lipinski definition) is 2. The maximum absolute atomic E-state index is 11.3. The number of aromatic carboxylic acids is 1. The van der Waals surface area contributed by atoms with Crippen molar-refractivity contribution in [3.05, 3.63) is 35.0 Å². The van der Waals surface area contributed by atoms with Crippen molar-refractivity contribution < 1.29 is 9.90 Å². The highest BCUT2D eigenvalue weighted by molar-refractivity contribution is 5.95. The molecule has 1 aliphatic rings. The number of likely N-dealkylation sites (tertiary alicyclic amines) is 1. The van der Waals surface area contributed by atoms with Crippen LogP contribution in [0.5, 0.6) is 0 Å². The van der Waals surface area contributed by atoms with Crippen LogP contribution < -0.4 is 5.73 Å². The number of fused-ring (bicyclic) bond motifs is 1. The van der Waals surface area contributed by atoms with Gasteiger partial charge in [-0.2, -0.15) is 0 Å². The van der Waals surface area contributed by atoms with Crippen LogP contribution in [0.25, 0.3) is 10.9 Å². The van der Waals surface area contributed by atoms with Gasteiger partial charge in [0, 0.05) is 36.2 Å². The van der Waals surface area contributed by atoms with Crippen LogP contribution in [0.4, 0.5) is 0 Å². The zero-order valence-electron chi connectivity index (χ0n) is 13.7. The van der Waals surface area contributed by atoms with Crippen molar-refractivity contribution in [3.8, 4) is 0 Å². The molecule has 2 aromatic rings. The summed E-state index contributed by atoms with van der Waals surface area (Å²) in [5.74, 6) is -0.873. The maximum Gasteiger partial charge on any atom is 0.335 e. The van der Waals surface area contributed by atoms with Crippen molar-refractivity contribution in [1.82, 2.24) is 9.47 Å². The lowest BCUT2D eigenvalue weighted by atomic mass is 10.1. The van der Waals surface area contributed by atoms with E-state index < -0.39 is 5.97 Å². The third-order valence-corrected chi connectivity index (χ3v) is 4.93. The highest BCUT2D eigenvalue weighted by atomic mass is 16.4. The average molecular weight is 315 g/mol. The molecule has 0 spiro atoms. The number of rotatable bonds is 6. The molecule has 1 aliphatic heterocycles. The number of carbonyl (C=O) groups is 1. The quantitative estimate of drug-likeness (QED) is 0.857. The van der Waals surface area contributed by atoms with Crippen LogP contribution >= 0.6 is 0 Å². The molecule has 0 aliphatic carbocycles. The molecule has 0 radical (unpaired) electrons. The van der Waals surface area contributed by atoms with Gasteiger partial charge in [-0.1, -0.05) is 0 Å². The zero-order valence-corrected chi connectivity index (χ0v) is 13.7. The van der Waals surface area contributed by atoms with E-state index in [1.807, 2.05) is 12.1 Å². The van der Waals surface area contributed by atoms with E-state index in [1.54, 1.807) is 6.07 Å². The molecule has 0 unspecified atom stereocenters. The fourth-order valence-electron chi connectivity index (χ4n) is 3.69. The lowest BCUT2D eigenvalue weighted by Crippen LogP contribution is -2.22. The highest BCUT2D eigenvalue weighted by Crippen LogP contribution is 2.28. The van der Waals surface area contributed by atoms with E-state index in [0.29, 0.717) is 12.1 Å². The standard InChI is InChI=1S/C18H25N3O2/c1-13-15(6-10-20-8-2-3-9-20)16-12-14(18(22)23)4-5-17(16)21(13)11-7-19/h4-5,12H,2-3,6-11,19H2,1H3,(H,22,23). The molecule has 5 nitrogen and oxygen atoms in total. The van der Waals surface area contributed by atoms with Gasteiger partial charge >= 0.3 is 5.97 Å². The minimum atomic E-state index is -0.873. The predicted molar refractivity (Wildman–Crippen MR) is 92.1 cm³/mol. The number of nitrogens with two attached hydrogens (primary N) is 1. The summed E-state index contributed by atoms with van der Waals surface area (Å²) in [5.41, 5.74) is 9.68. The average Bonchev–Trinajstić information content (AvgIpc) is 3.13. The Kier molecular flexibility index (Phi) is 4.68. The lowest BCUT2D eigenvalue weighted by Gasteiger charge is -2.14. The molecular formula is C18H25N3O2. The van der Waals surface area contributed by atoms with Gasteiger partial charge in [0.25, 0.3) is 0 Å². The molecule has 0 saturated carbocycles. The molecule has 124 valence electrons. The summed E-state index contributed by atoms with van der Waals surface area (Å²) in [7, 11) is 0. The number of hydrogen-bond acceptors (Lipinski definition) is 3. The van der Waals surface area contributed by atoms with E-state index in [1.165, 1.54) is 37.2 Å². The van der Waals surface area contributed by atoms with Crippen molar-refractivity contribution in [3.63, 3.8) is 0 Å². The van der Waals surface area contributed by atoms with Crippen LogP contribution in [-0.4, -0.2) is 46.7 Å². The van der Waals surface area contributed by atoms with Crippen LogP contribution in [0.1, 0.15) is 34.5 Å². The fourth-order valence-corrected chi connectivity index (χ4v) is 3.69. The minimum absolute atomic E-state index is 0.352. The summed E-state index contributed by atoms with van der Waals surface area (Å²) in [6.07, 6.45) is 3.54. The van der Waals surface area contributed by atoms with Crippen molar-refractivity contribution in [2.45, 2.75) is 32.7 Å². The fraction of sp³-hybridized carbons (Fsp3) is 0.500. The van der Waals surface area contributed by atoms with Crippen molar-refractivity contribution in [2.75, 3.05) is 26.2 Å². The van der Waals surface area contributed by atoms with E-state index in [9.17, 15) is 9.90 Å². The largest absolute Gasteiger partial charge is 0.478 e. The van der Waals surface area contributed by atoms with E-state index in [2.05, 4.69) is 16.4 Å². The van der Waals surface area contributed by atoms with E-state index in [-0.39, 0.29) is 0 Å². The molecule has 1 saturated heterocycles. The molecule has 1 aromatic heterocycles. The van der Waals surface area contributed by atoms with Gasteiger partial charge in [0.15, 0.2) is 0 Å². The zero-order chi connectivity index (χ0) is 16.4. The number of nitrogens with zero attached hydrogens (tertiary/aromatic N) is 2. The second-order valence-electron chi connectivity index (χ2n) is 6.34. The molecule has 3 N–H and O–H groups in total. The van der Waals surface area contributed by atoms with E-state index in [0.717, 1.165) is 30.4 Å². The smallest absolute Gasteiger partial charge is 0.335 e. The van der Waals surface area contributed by atoms with Crippen LogP contribution in [0.3, 0.4) is 0 Å². The Balaban J connectivity index is 1.99. The molecule has 0 amide bonds. The maximum atomic E-state index is 11.3. The SMILES string of the molecule is Cc1c(CCN2CCCC2)c2cc(C(=O)O)ccc2n1CCN. The summed E-state index contributed by atoms with van der Waals surface area (Å²) in [5, 5.41) is 10.3. The Hall–Kier alpha value is -1.85. The minimum Gasteiger partial charge on any atom is -0.478 e. The van der Waals surface area contributed by atoms with Gasteiger partial charge in [0.2, 0.25) is 0 Å². The Morgan fingerprint density at radius 1 is 1.26 bits per heavy atom. The Labute approximate surface area is 136 Å². The first-order chi connectivity index (χ1) is 11.1. The van der Waals surface area contributed by atoms with Gasteiger partial charge in [-0.3, -0.25) is 0 Å². The van der Waals surface area contributed by atoms with Gasteiger partial charge in [0.1, 0.15) is 0 Å². The summed E-state index contributed by atoms with van der Waals surface area (Å²) >= 11 is 0. The third kappa shape index (κ3) is 3.12. The molecule has 1 aromatic carbocycles. The van der Waals surface area contributed by atoms with Gasteiger partial charge < -0.3 is 20.3 Å². The summed E-state index contributed by atoms with van der Waals surface area (Å²) < 4.78 is 2.22. The highest BCUT2D eigenvalue weighted by Gasteiger charge is 2.18. The second kappa shape index (κ2) is 6.72. The summed E-state index contributed by atoms with van der Waals surface area (Å²) in [6.45, 7) is 6.87. The third-order valence-electron chi connectivity index (χ3n) is 4.93. The number of benzene rings is 1. The van der Waals surface area contributed by atoms with Gasteiger partial charge in [-0.25, -0.2) is 4.79 Å². The van der Waals surface area contributed by atoms with Gasteiger partial charge in [-0.05, 0) is 63.0 Å². The molecule has 2 heterocycles.